The van der Waals surface area contributed by atoms with Crippen LogP contribution in [0.25, 0.3) is 0 Å². The highest BCUT2D eigenvalue weighted by Gasteiger charge is 2.41. The predicted molar refractivity (Wildman–Crippen MR) is 109 cm³/mol. The fourth-order valence-corrected chi connectivity index (χ4v) is 5.56. The smallest absolute Gasteiger partial charge is 0.335 e. The number of aromatic carboxylic acids is 1. The van der Waals surface area contributed by atoms with E-state index in [1.54, 1.807) is 23.5 Å². The van der Waals surface area contributed by atoms with Crippen LogP contribution in [0, 0.1) is 11.8 Å². The van der Waals surface area contributed by atoms with Crippen molar-refractivity contribution in [1.29, 1.82) is 0 Å². The Morgan fingerprint density at radius 2 is 1.59 bits per heavy atom. The van der Waals surface area contributed by atoms with E-state index in [4.69, 9.17) is 5.11 Å². The fraction of sp³-hybridized carbons (Fsp3) is 0.429. The van der Waals surface area contributed by atoms with Crippen LogP contribution in [-0.4, -0.2) is 16.8 Å². The molecule has 0 spiro atoms. The molecule has 0 bridgehead atoms. The number of hydrogen-bond acceptors (Lipinski definition) is 4. The van der Waals surface area contributed by atoms with Crippen LogP contribution < -0.4 is 0 Å². The highest BCUT2D eigenvalue weighted by Crippen LogP contribution is 2.51. The van der Waals surface area contributed by atoms with Gasteiger partial charge in [-0.15, -0.1) is 21.3 Å². The van der Waals surface area contributed by atoms with Crippen molar-refractivity contribution in [2.24, 2.45) is 10.4 Å². The molecule has 0 fully saturated rings. The summed E-state index contributed by atoms with van der Waals surface area (Å²) in [6.45, 7) is 11.1. The fourth-order valence-electron chi connectivity index (χ4n) is 3.94. The van der Waals surface area contributed by atoms with Gasteiger partial charge in [-0.2, -0.15) is 0 Å². The third-order valence-corrected chi connectivity index (χ3v) is 7.24. The van der Waals surface area contributed by atoms with Gasteiger partial charge in [-0.25, -0.2) is 4.79 Å². The van der Waals surface area contributed by atoms with Crippen molar-refractivity contribution < 1.29 is 9.90 Å². The van der Waals surface area contributed by atoms with Crippen LogP contribution in [0.15, 0.2) is 34.7 Å². The number of carbonyl (C=O) groups is 1. The number of nitrogens with zero attached hydrogens (tertiary/aromatic N) is 2. The standard InChI is InChI=1S/C21H24N2O3S/c1-12-15-18(21(4,5)11-10-20(15,2)3)27-17(12)16(22-23-26)13-6-8-14(9-7-13)19(24)25/h6-9H,10-11H2,1-5H3,(H,24,25)/b22-16+. The van der Waals surface area contributed by atoms with Gasteiger partial charge in [0.15, 0.2) is 0 Å². The van der Waals surface area contributed by atoms with E-state index in [1.165, 1.54) is 22.6 Å². The molecule has 1 aromatic heterocycles. The number of nitroso groups, excluding NO2 is 1. The van der Waals surface area contributed by atoms with Crippen LogP contribution in [0.1, 0.15) is 77.3 Å². The average Bonchev–Trinajstić information content (AvgIpc) is 2.97. The van der Waals surface area contributed by atoms with Crippen molar-refractivity contribution in [3.63, 3.8) is 0 Å². The number of benzene rings is 1. The summed E-state index contributed by atoms with van der Waals surface area (Å²) in [7, 11) is 0. The van der Waals surface area contributed by atoms with E-state index in [1.807, 2.05) is 0 Å². The maximum absolute atomic E-state index is 11.1. The molecule has 0 saturated heterocycles. The van der Waals surface area contributed by atoms with Gasteiger partial charge in [0, 0.05) is 10.4 Å². The number of hydrogen-bond donors (Lipinski definition) is 1. The summed E-state index contributed by atoms with van der Waals surface area (Å²) in [5, 5.41) is 15.8. The lowest BCUT2D eigenvalue weighted by molar-refractivity contribution is 0.0697. The molecule has 0 unspecified atom stereocenters. The zero-order valence-corrected chi connectivity index (χ0v) is 17.1. The Bertz CT molecular complexity index is 937. The average molecular weight is 385 g/mol. The third-order valence-electron chi connectivity index (χ3n) is 5.57. The Hall–Kier alpha value is -2.34. The van der Waals surface area contributed by atoms with Crippen LogP contribution in [0.3, 0.4) is 0 Å². The SMILES string of the molecule is Cc1c(/C(=N/N=O)c2ccc(C(=O)O)cc2)sc2c1C(C)(C)CCC2(C)C. The Balaban J connectivity index is 2.19. The number of carboxylic acids is 1. The minimum Gasteiger partial charge on any atom is -0.478 e. The molecule has 0 amide bonds. The van der Waals surface area contributed by atoms with Gasteiger partial charge in [0.05, 0.1) is 15.7 Å². The summed E-state index contributed by atoms with van der Waals surface area (Å²) < 4.78 is 0. The van der Waals surface area contributed by atoms with Crippen molar-refractivity contribution in [2.45, 2.75) is 58.3 Å². The molecule has 142 valence electrons. The van der Waals surface area contributed by atoms with Gasteiger partial charge in [0.2, 0.25) is 0 Å². The minimum absolute atomic E-state index is 0.0660. The van der Waals surface area contributed by atoms with Crippen molar-refractivity contribution in [3.8, 4) is 0 Å². The first-order valence-corrected chi connectivity index (χ1v) is 9.79. The van der Waals surface area contributed by atoms with Crippen molar-refractivity contribution >= 4 is 23.0 Å². The number of fused-ring (bicyclic) bond motifs is 1. The molecular weight excluding hydrogens is 360 g/mol. The first-order valence-electron chi connectivity index (χ1n) is 8.97. The van der Waals surface area contributed by atoms with E-state index in [-0.39, 0.29) is 16.4 Å². The first kappa shape index (κ1) is 19.4. The molecule has 5 nitrogen and oxygen atoms in total. The van der Waals surface area contributed by atoms with E-state index < -0.39 is 5.97 Å². The van der Waals surface area contributed by atoms with Crippen LogP contribution in [0.5, 0.6) is 0 Å². The molecule has 3 rings (SSSR count). The molecule has 1 N–H and O–H groups in total. The van der Waals surface area contributed by atoms with Crippen LogP contribution in [0.4, 0.5) is 0 Å². The van der Waals surface area contributed by atoms with Crippen LogP contribution in [-0.2, 0) is 10.8 Å². The lowest BCUT2D eigenvalue weighted by Gasteiger charge is -2.39. The lowest BCUT2D eigenvalue weighted by atomic mass is 9.66. The van der Waals surface area contributed by atoms with Crippen molar-refractivity contribution in [1.82, 2.24) is 0 Å². The zero-order valence-electron chi connectivity index (χ0n) is 16.3. The Morgan fingerprint density at radius 3 is 2.11 bits per heavy atom. The second-order valence-electron chi connectivity index (χ2n) is 8.44. The van der Waals surface area contributed by atoms with E-state index >= 15 is 0 Å². The molecule has 6 heteroatoms. The molecule has 0 aliphatic heterocycles. The summed E-state index contributed by atoms with van der Waals surface area (Å²) in [4.78, 5) is 24.4. The third kappa shape index (κ3) is 3.34. The topological polar surface area (TPSA) is 79.1 Å². The molecule has 1 heterocycles. The van der Waals surface area contributed by atoms with Gasteiger partial charge in [0.25, 0.3) is 0 Å². The van der Waals surface area contributed by atoms with Gasteiger partial charge in [-0.1, -0.05) is 39.8 Å². The molecule has 0 atom stereocenters. The lowest BCUT2D eigenvalue weighted by Crippen LogP contribution is -2.32. The maximum Gasteiger partial charge on any atom is 0.335 e. The normalized spacial score (nSPS) is 18.0. The Labute approximate surface area is 163 Å². The minimum atomic E-state index is -0.986. The van der Waals surface area contributed by atoms with Crippen molar-refractivity contribution in [3.05, 3.63) is 61.2 Å². The molecule has 0 saturated carbocycles. The van der Waals surface area contributed by atoms with Gasteiger partial charge >= 0.3 is 5.97 Å². The molecule has 2 aromatic rings. The van der Waals surface area contributed by atoms with E-state index in [2.05, 4.69) is 45.0 Å². The van der Waals surface area contributed by atoms with Crippen LogP contribution >= 0.6 is 11.3 Å². The quantitative estimate of drug-likeness (QED) is 0.422. The summed E-state index contributed by atoms with van der Waals surface area (Å²) in [5.74, 6) is -0.986. The van der Waals surface area contributed by atoms with Gasteiger partial charge in [-0.3, -0.25) is 0 Å². The maximum atomic E-state index is 11.1. The summed E-state index contributed by atoms with van der Waals surface area (Å²) in [5.41, 5.74) is 4.02. The Morgan fingerprint density at radius 1 is 1.04 bits per heavy atom. The second kappa shape index (κ2) is 6.68. The predicted octanol–water partition coefficient (Wildman–Crippen LogP) is 5.62. The second-order valence-corrected chi connectivity index (χ2v) is 9.46. The number of carboxylic acid groups (broad SMARTS) is 1. The molecule has 1 aromatic carbocycles. The van der Waals surface area contributed by atoms with Gasteiger partial charge in [-0.05, 0) is 53.9 Å². The first-order chi connectivity index (χ1) is 12.6. The van der Waals surface area contributed by atoms with Crippen LogP contribution in [0.2, 0.25) is 0 Å². The van der Waals surface area contributed by atoms with E-state index in [0.29, 0.717) is 11.3 Å². The number of rotatable bonds is 4. The molecule has 1 aliphatic rings. The highest BCUT2D eigenvalue weighted by atomic mass is 32.1. The molecule has 27 heavy (non-hydrogen) atoms. The molecule has 0 radical (unpaired) electrons. The van der Waals surface area contributed by atoms with Gasteiger partial charge < -0.3 is 5.11 Å². The highest BCUT2D eigenvalue weighted by molar-refractivity contribution is 7.15. The zero-order chi connectivity index (χ0) is 20.0. The number of thiophene rings is 1. The van der Waals surface area contributed by atoms with Gasteiger partial charge in [0.1, 0.15) is 5.71 Å². The molecular formula is C21H24N2O3S. The van der Waals surface area contributed by atoms with E-state index in [9.17, 15) is 9.70 Å². The summed E-state index contributed by atoms with van der Waals surface area (Å²) in [6, 6.07) is 6.41. The Kier molecular flexibility index (Phi) is 4.80. The summed E-state index contributed by atoms with van der Waals surface area (Å²) in [6.07, 6.45) is 2.22. The molecule has 1 aliphatic carbocycles. The largest absolute Gasteiger partial charge is 0.478 e. The summed E-state index contributed by atoms with van der Waals surface area (Å²) >= 11 is 1.68. The van der Waals surface area contributed by atoms with Crippen molar-refractivity contribution in [2.75, 3.05) is 0 Å². The monoisotopic (exact) mass is 384 g/mol. The van der Waals surface area contributed by atoms with E-state index in [0.717, 1.165) is 23.3 Å².